The van der Waals surface area contributed by atoms with E-state index >= 15 is 0 Å². The fraction of sp³-hybridized carbons (Fsp3) is 0.318. The van der Waals surface area contributed by atoms with Crippen LogP contribution in [0.5, 0.6) is 0 Å². The predicted molar refractivity (Wildman–Crippen MR) is 119 cm³/mol. The number of carbonyl (C=O) groups excluding carboxylic acids is 4. The summed E-state index contributed by atoms with van der Waals surface area (Å²) in [4.78, 5) is 55.6. The summed E-state index contributed by atoms with van der Waals surface area (Å²) in [5, 5.41) is 8.32. The number of hydrogen-bond acceptors (Lipinski definition) is 5. The number of urea groups is 1. The molecule has 1 fully saturated rings. The van der Waals surface area contributed by atoms with Gasteiger partial charge in [-0.15, -0.1) is 0 Å². The summed E-state index contributed by atoms with van der Waals surface area (Å²) in [6, 6.07) is 5.08. The molecule has 0 spiro atoms. The Morgan fingerprint density at radius 3 is 2.72 bits per heavy atom. The average molecular weight is 456 g/mol. The number of hydrogen-bond donors (Lipinski definition) is 3. The first-order chi connectivity index (χ1) is 15.3. The van der Waals surface area contributed by atoms with Crippen LogP contribution in [0.1, 0.15) is 19.8 Å². The van der Waals surface area contributed by atoms with E-state index in [2.05, 4.69) is 20.9 Å². The Morgan fingerprint density at radius 1 is 1.25 bits per heavy atom. The summed E-state index contributed by atoms with van der Waals surface area (Å²) in [6.07, 6.45) is 5.82. The molecular weight excluding hydrogens is 434 g/mol. The summed E-state index contributed by atoms with van der Waals surface area (Å²) in [7, 11) is 0. The molecule has 4 rings (SSSR count). The lowest BCUT2D eigenvalue weighted by atomic mass is 9.84. The maximum atomic E-state index is 13.4. The zero-order valence-corrected chi connectivity index (χ0v) is 18.1. The minimum absolute atomic E-state index is 0.133. The number of aliphatic imine (C=N–C) groups is 1. The topological polar surface area (TPSA) is 120 Å². The molecule has 2 aliphatic heterocycles. The molecule has 1 saturated heterocycles. The van der Waals surface area contributed by atoms with Gasteiger partial charge in [-0.1, -0.05) is 29.8 Å². The first-order valence-corrected chi connectivity index (χ1v) is 10.6. The Balaban J connectivity index is 1.46. The Bertz CT molecular complexity index is 1060. The van der Waals surface area contributed by atoms with Crippen LogP contribution in [0, 0.1) is 5.92 Å². The van der Waals surface area contributed by atoms with Crippen molar-refractivity contribution in [2.75, 3.05) is 11.9 Å². The second-order valence-electron chi connectivity index (χ2n) is 7.76. The third-order valence-electron chi connectivity index (χ3n) is 5.62. The second-order valence-corrected chi connectivity index (χ2v) is 8.20. The molecule has 166 valence electrons. The van der Waals surface area contributed by atoms with Gasteiger partial charge >= 0.3 is 6.03 Å². The predicted octanol–water partition coefficient (Wildman–Crippen LogP) is 2.01. The number of imide groups is 1. The van der Waals surface area contributed by atoms with E-state index in [0.717, 1.165) is 0 Å². The van der Waals surface area contributed by atoms with Crippen molar-refractivity contribution in [2.45, 2.75) is 31.8 Å². The van der Waals surface area contributed by atoms with E-state index in [1.165, 1.54) is 4.90 Å². The summed E-state index contributed by atoms with van der Waals surface area (Å²) in [5.74, 6) is -1.32. The lowest BCUT2D eigenvalue weighted by Crippen LogP contribution is -2.60. The number of nitrogens with zero attached hydrogens (tertiary/aromatic N) is 2. The summed E-state index contributed by atoms with van der Waals surface area (Å²) in [5.41, 5.74) is 1.27. The van der Waals surface area contributed by atoms with Crippen LogP contribution in [0.3, 0.4) is 0 Å². The van der Waals surface area contributed by atoms with E-state index in [-0.39, 0.29) is 31.2 Å². The van der Waals surface area contributed by atoms with Crippen molar-refractivity contribution in [2.24, 2.45) is 10.9 Å². The molecule has 3 N–H and O–H groups in total. The number of nitrogens with one attached hydrogen (secondary N) is 3. The largest absolute Gasteiger partial charge is 0.334 e. The molecule has 0 aromatic heterocycles. The van der Waals surface area contributed by atoms with Crippen molar-refractivity contribution < 1.29 is 19.2 Å². The number of anilines is 1. The lowest BCUT2D eigenvalue weighted by molar-refractivity contribution is -0.144. The van der Waals surface area contributed by atoms with E-state index in [1.54, 1.807) is 43.3 Å². The smallest absolute Gasteiger partial charge is 0.319 e. The van der Waals surface area contributed by atoms with Crippen molar-refractivity contribution in [3.8, 4) is 0 Å². The van der Waals surface area contributed by atoms with Gasteiger partial charge < -0.3 is 10.6 Å². The number of amides is 5. The van der Waals surface area contributed by atoms with Gasteiger partial charge in [0.1, 0.15) is 11.9 Å². The summed E-state index contributed by atoms with van der Waals surface area (Å²) < 4.78 is 0. The molecule has 1 aliphatic carbocycles. The molecule has 2 heterocycles. The van der Waals surface area contributed by atoms with Gasteiger partial charge in [0, 0.05) is 23.7 Å². The lowest BCUT2D eigenvalue weighted by Gasteiger charge is -2.41. The molecule has 10 heteroatoms. The number of allylic oxidation sites excluding steroid dienone is 2. The SMILES string of the molecule is CC1=NC2C=CC=C(CNC(=O)Nc3ccc(Cl)cc3)C2C(=O)N1C1CCC(=O)NC1=O. The van der Waals surface area contributed by atoms with Crippen LogP contribution in [0.15, 0.2) is 53.1 Å². The number of fused-ring (bicyclic) bond motifs is 1. The highest BCUT2D eigenvalue weighted by Gasteiger charge is 2.44. The Morgan fingerprint density at radius 2 is 2.00 bits per heavy atom. The molecular formula is C22H22ClN5O4. The second kappa shape index (κ2) is 8.96. The van der Waals surface area contributed by atoms with Gasteiger partial charge in [0.15, 0.2) is 0 Å². The number of piperidine rings is 1. The normalized spacial score (nSPS) is 24.9. The Kier molecular flexibility index (Phi) is 6.09. The third-order valence-corrected chi connectivity index (χ3v) is 5.88. The van der Waals surface area contributed by atoms with Crippen LogP contribution in [0.2, 0.25) is 5.02 Å². The number of halogens is 1. The monoisotopic (exact) mass is 455 g/mol. The van der Waals surface area contributed by atoms with Crippen molar-refractivity contribution >= 4 is 46.9 Å². The van der Waals surface area contributed by atoms with Gasteiger partial charge in [-0.3, -0.25) is 29.6 Å². The number of carbonyl (C=O) groups is 4. The molecule has 3 aliphatic rings. The maximum absolute atomic E-state index is 13.4. The van der Waals surface area contributed by atoms with Crippen LogP contribution in [0.25, 0.3) is 0 Å². The van der Waals surface area contributed by atoms with E-state index in [9.17, 15) is 19.2 Å². The highest BCUT2D eigenvalue weighted by atomic mass is 35.5. The van der Waals surface area contributed by atoms with Gasteiger partial charge in [-0.2, -0.15) is 0 Å². The third kappa shape index (κ3) is 4.43. The van der Waals surface area contributed by atoms with Crippen LogP contribution < -0.4 is 16.0 Å². The van der Waals surface area contributed by atoms with Crippen molar-refractivity contribution in [1.29, 1.82) is 0 Å². The summed E-state index contributed by atoms with van der Waals surface area (Å²) in [6.45, 7) is 1.82. The minimum atomic E-state index is -0.779. The van der Waals surface area contributed by atoms with Gasteiger partial charge in [0.25, 0.3) is 0 Å². The van der Waals surface area contributed by atoms with Crippen LogP contribution in [-0.4, -0.2) is 53.1 Å². The zero-order chi connectivity index (χ0) is 22.8. The van der Waals surface area contributed by atoms with Crippen molar-refractivity contribution in [1.82, 2.24) is 15.5 Å². The summed E-state index contributed by atoms with van der Waals surface area (Å²) >= 11 is 5.85. The van der Waals surface area contributed by atoms with Crippen LogP contribution in [-0.2, 0) is 14.4 Å². The average Bonchev–Trinajstić information content (AvgIpc) is 2.75. The zero-order valence-electron chi connectivity index (χ0n) is 17.3. The molecule has 0 radical (unpaired) electrons. The maximum Gasteiger partial charge on any atom is 0.319 e. The van der Waals surface area contributed by atoms with Crippen LogP contribution in [0.4, 0.5) is 10.5 Å². The van der Waals surface area contributed by atoms with Gasteiger partial charge in [0.2, 0.25) is 17.7 Å². The molecule has 3 atom stereocenters. The molecule has 5 amide bonds. The van der Waals surface area contributed by atoms with E-state index < -0.39 is 29.9 Å². The Labute approximate surface area is 189 Å². The number of amidine groups is 1. The van der Waals surface area contributed by atoms with Gasteiger partial charge in [0.05, 0.1) is 12.0 Å². The van der Waals surface area contributed by atoms with Crippen LogP contribution >= 0.6 is 11.6 Å². The first-order valence-electron chi connectivity index (χ1n) is 10.2. The molecule has 32 heavy (non-hydrogen) atoms. The van der Waals surface area contributed by atoms with Gasteiger partial charge in [-0.05, 0) is 43.2 Å². The fourth-order valence-corrected chi connectivity index (χ4v) is 4.23. The van der Waals surface area contributed by atoms with Crippen molar-refractivity contribution in [3.63, 3.8) is 0 Å². The van der Waals surface area contributed by atoms with E-state index in [0.29, 0.717) is 22.1 Å². The Hall–Kier alpha value is -3.46. The number of benzene rings is 1. The standard InChI is InChI=1S/C22H22ClN5O4/c1-12-25-16-4-2-3-13(11-24-22(32)26-15-7-5-14(23)6-8-15)19(16)21(31)28(12)17-9-10-18(29)27-20(17)30/h2-8,16-17,19H,9-11H2,1H3,(H2,24,26,32)(H,27,29,30). The quantitative estimate of drug-likeness (QED) is 0.601. The highest BCUT2D eigenvalue weighted by molar-refractivity contribution is 6.30. The van der Waals surface area contributed by atoms with Gasteiger partial charge in [-0.25, -0.2) is 4.79 Å². The molecule has 0 bridgehead atoms. The molecule has 1 aromatic rings. The molecule has 1 aromatic carbocycles. The number of rotatable bonds is 4. The molecule has 0 saturated carbocycles. The minimum Gasteiger partial charge on any atom is -0.334 e. The first kappa shape index (κ1) is 21.8. The molecule has 3 unspecified atom stereocenters. The van der Waals surface area contributed by atoms with Crippen molar-refractivity contribution in [3.05, 3.63) is 53.1 Å². The van der Waals surface area contributed by atoms with E-state index in [4.69, 9.17) is 11.6 Å². The fourth-order valence-electron chi connectivity index (χ4n) is 4.10. The highest BCUT2D eigenvalue weighted by Crippen LogP contribution is 2.31. The molecule has 9 nitrogen and oxygen atoms in total. The van der Waals surface area contributed by atoms with E-state index in [1.807, 2.05) is 6.08 Å².